The summed E-state index contributed by atoms with van der Waals surface area (Å²) >= 11 is 0. The Bertz CT molecular complexity index is 844. The number of ether oxygens (including phenoxy) is 2. The van der Waals surface area contributed by atoms with Crippen molar-refractivity contribution in [1.82, 2.24) is 15.3 Å². The molecule has 0 spiro atoms. The number of halogens is 3. The van der Waals surface area contributed by atoms with E-state index in [9.17, 15) is 22.8 Å². The maximum atomic E-state index is 12.4. The molecule has 29 heavy (non-hydrogen) atoms. The summed E-state index contributed by atoms with van der Waals surface area (Å²) in [5.41, 5.74) is 0.832. The van der Waals surface area contributed by atoms with Gasteiger partial charge in [-0.2, -0.15) is 13.2 Å². The van der Waals surface area contributed by atoms with E-state index in [0.29, 0.717) is 5.56 Å². The summed E-state index contributed by atoms with van der Waals surface area (Å²) in [6.07, 6.45) is -1.76. The minimum atomic E-state index is -4.45. The molecular weight excluding hydrogens is 393 g/mol. The normalized spacial score (nSPS) is 12.2. The van der Waals surface area contributed by atoms with Gasteiger partial charge in [-0.25, -0.2) is 9.97 Å². The average Bonchev–Trinajstić information content (AvgIpc) is 2.66. The number of nitrogens with one attached hydrogen (secondary N) is 2. The van der Waals surface area contributed by atoms with Gasteiger partial charge in [0.05, 0.1) is 6.04 Å². The van der Waals surface area contributed by atoms with E-state index in [-0.39, 0.29) is 23.9 Å². The molecule has 0 fully saturated rings. The second-order valence-corrected chi connectivity index (χ2v) is 5.94. The van der Waals surface area contributed by atoms with Crippen LogP contribution < -0.4 is 15.4 Å². The third-order valence-corrected chi connectivity index (χ3v) is 3.56. The van der Waals surface area contributed by atoms with Crippen LogP contribution in [0.5, 0.6) is 5.88 Å². The van der Waals surface area contributed by atoms with Crippen LogP contribution in [-0.2, 0) is 9.53 Å². The van der Waals surface area contributed by atoms with Crippen molar-refractivity contribution in [2.75, 3.05) is 25.6 Å². The van der Waals surface area contributed by atoms with Gasteiger partial charge in [0.1, 0.15) is 12.4 Å². The maximum Gasteiger partial charge on any atom is 0.422 e. The van der Waals surface area contributed by atoms with E-state index >= 15 is 0 Å². The molecule has 2 aromatic rings. The van der Waals surface area contributed by atoms with Crippen molar-refractivity contribution in [2.24, 2.45) is 0 Å². The summed E-state index contributed by atoms with van der Waals surface area (Å²) in [5, 5.41) is 5.22. The van der Waals surface area contributed by atoms with Crippen LogP contribution in [0.25, 0.3) is 0 Å². The van der Waals surface area contributed by atoms with Crippen molar-refractivity contribution in [3.8, 4) is 5.88 Å². The molecule has 0 aliphatic heterocycles. The van der Waals surface area contributed by atoms with Crippen molar-refractivity contribution in [3.05, 3.63) is 47.8 Å². The quantitative estimate of drug-likeness (QED) is 0.691. The predicted octanol–water partition coefficient (Wildman–Crippen LogP) is 2.49. The molecule has 11 heteroatoms. The first-order chi connectivity index (χ1) is 13.7. The summed E-state index contributed by atoms with van der Waals surface area (Å²) in [6.45, 7) is 0.107. The van der Waals surface area contributed by atoms with Gasteiger partial charge in [-0.1, -0.05) is 6.07 Å². The molecule has 0 saturated carbocycles. The molecule has 8 nitrogen and oxygen atoms in total. The van der Waals surface area contributed by atoms with E-state index in [1.54, 1.807) is 6.92 Å². The first kappa shape index (κ1) is 22.1. The van der Waals surface area contributed by atoms with E-state index < -0.39 is 30.6 Å². The summed E-state index contributed by atoms with van der Waals surface area (Å²) in [5.74, 6) is -0.820. The highest BCUT2D eigenvalue weighted by molar-refractivity contribution is 5.96. The zero-order chi connectivity index (χ0) is 21.4. The van der Waals surface area contributed by atoms with Crippen LogP contribution in [0.3, 0.4) is 0 Å². The minimum Gasteiger partial charge on any atom is -0.468 e. The standard InChI is InChI=1S/C18H19F3N4O4/c1-11(13-3-4-16(23-8-13)29-10-18(19,20)21)24-17(27)12-5-6-22-14(7-12)25-15(26)9-28-2/h3-8,11H,9-10H2,1-2H3,(H,24,27)(H,22,25,26). The Morgan fingerprint density at radius 2 is 1.97 bits per heavy atom. The Morgan fingerprint density at radius 3 is 2.59 bits per heavy atom. The minimum absolute atomic E-state index is 0.148. The number of nitrogens with zero attached hydrogens (tertiary/aromatic N) is 2. The molecule has 0 aliphatic rings. The topological polar surface area (TPSA) is 102 Å². The summed E-state index contributed by atoms with van der Waals surface area (Å²) in [4.78, 5) is 31.7. The lowest BCUT2D eigenvalue weighted by atomic mass is 10.1. The molecule has 1 atom stereocenters. The van der Waals surface area contributed by atoms with Gasteiger partial charge in [-0.3, -0.25) is 9.59 Å². The Labute approximate surface area is 164 Å². The summed E-state index contributed by atoms with van der Waals surface area (Å²) < 4.78 is 45.7. The predicted molar refractivity (Wildman–Crippen MR) is 96.4 cm³/mol. The second kappa shape index (κ2) is 9.82. The number of hydrogen-bond acceptors (Lipinski definition) is 6. The molecule has 0 saturated heterocycles. The fourth-order valence-electron chi connectivity index (χ4n) is 2.20. The molecule has 1 unspecified atom stereocenters. The highest BCUT2D eigenvalue weighted by atomic mass is 19.4. The van der Waals surface area contributed by atoms with Gasteiger partial charge in [0.15, 0.2) is 6.61 Å². The molecule has 156 valence electrons. The second-order valence-electron chi connectivity index (χ2n) is 5.94. The van der Waals surface area contributed by atoms with Crippen LogP contribution in [0.2, 0.25) is 0 Å². The lowest BCUT2D eigenvalue weighted by molar-refractivity contribution is -0.154. The lowest BCUT2D eigenvalue weighted by Gasteiger charge is -2.15. The van der Waals surface area contributed by atoms with Crippen LogP contribution in [0.15, 0.2) is 36.7 Å². The van der Waals surface area contributed by atoms with Crippen molar-refractivity contribution < 1.29 is 32.2 Å². The Morgan fingerprint density at radius 1 is 1.21 bits per heavy atom. The third-order valence-electron chi connectivity index (χ3n) is 3.56. The number of alkyl halides is 3. The number of carbonyl (C=O) groups excluding carboxylic acids is 2. The Balaban J connectivity index is 1.97. The van der Waals surface area contributed by atoms with Gasteiger partial charge >= 0.3 is 6.18 Å². The number of aromatic nitrogens is 2. The van der Waals surface area contributed by atoms with Gasteiger partial charge in [0, 0.05) is 31.1 Å². The Hall–Kier alpha value is -3.21. The maximum absolute atomic E-state index is 12.4. The number of rotatable bonds is 8. The monoisotopic (exact) mass is 412 g/mol. The van der Waals surface area contributed by atoms with Crippen LogP contribution in [0.4, 0.5) is 19.0 Å². The van der Waals surface area contributed by atoms with E-state index in [4.69, 9.17) is 4.74 Å². The first-order valence-electron chi connectivity index (χ1n) is 8.39. The molecule has 0 radical (unpaired) electrons. The fraction of sp³-hybridized carbons (Fsp3) is 0.333. The molecule has 2 heterocycles. The van der Waals surface area contributed by atoms with Gasteiger partial charge in [0.2, 0.25) is 5.88 Å². The number of amides is 2. The van der Waals surface area contributed by atoms with E-state index in [0.717, 1.165) is 0 Å². The summed E-state index contributed by atoms with van der Waals surface area (Å²) in [7, 11) is 1.38. The SMILES string of the molecule is COCC(=O)Nc1cc(C(=O)NC(C)c2ccc(OCC(F)(F)F)nc2)ccn1. The number of carbonyl (C=O) groups is 2. The van der Waals surface area contributed by atoms with Gasteiger partial charge in [-0.05, 0) is 24.6 Å². The van der Waals surface area contributed by atoms with Crippen LogP contribution >= 0.6 is 0 Å². The van der Waals surface area contributed by atoms with E-state index in [1.165, 1.54) is 43.8 Å². The smallest absolute Gasteiger partial charge is 0.422 e. The number of pyridine rings is 2. The van der Waals surface area contributed by atoms with Crippen molar-refractivity contribution in [3.63, 3.8) is 0 Å². The van der Waals surface area contributed by atoms with Crippen molar-refractivity contribution >= 4 is 17.6 Å². The molecule has 2 aromatic heterocycles. The highest BCUT2D eigenvalue weighted by Gasteiger charge is 2.28. The van der Waals surface area contributed by atoms with Crippen LogP contribution in [-0.4, -0.2) is 48.3 Å². The molecule has 2 N–H and O–H groups in total. The molecule has 2 rings (SSSR count). The molecule has 0 bridgehead atoms. The Kier molecular flexibility index (Phi) is 7.48. The number of methoxy groups -OCH3 is 1. The molecular formula is C18H19F3N4O4. The van der Waals surface area contributed by atoms with Crippen molar-refractivity contribution in [1.29, 1.82) is 0 Å². The molecule has 0 aliphatic carbocycles. The van der Waals surface area contributed by atoms with E-state index in [1.807, 2.05) is 0 Å². The largest absolute Gasteiger partial charge is 0.468 e. The lowest BCUT2D eigenvalue weighted by Crippen LogP contribution is -2.27. The highest BCUT2D eigenvalue weighted by Crippen LogP contribution is 2.19. The first-order valence-corrected chi connectivity index (χ1v) is 8.39. The average molecular weight is 412 g/mol. The van der Waals surface area contributed by atoms with Crippen molar-refractivity contribution in [2.45, 2.75) is 19.1 Å². The van der Waals surface area contributed by atoms with E-state index in [2.05, 4.69) is 25.3 Å². The zero-order valence-electron chi connectivity index (χ0n) is 15.6. The molecule has 2 amide bonds. The van der Waals surface area contributed by atoms with Crippen LogP contribution in [0.1, 0.15) is 28.9 Å². The zero-order valence-corrected chi connectivity index (χ0v) is 15.6. The van der Waals surface area contributed by atoms with Crippen LogP contribution in [0, 0.1) is 0 Å². The van der Waals surface area contributed by atoms with Gasteiger partial charge in [-0.15, -0.1) is 0 Å². The number of hydrogen-bond donors (Lipinski definition) is 2. The van der Waals surface area contributed by atoms with Gasteiger partial charge in [0.25, 0.3) is 11.8 Å². The summed E-state index contributed by atoms with van der Waals surface area (Å²) in [6, 6.07) is 5.19. The van der Waals surface area contributed by atoms with Gasteiger partial charge < -0.3 is 20.1 Å². The molecule has 0 aromatic carbocycles. The fourth-order valence-corrected chi connectivity index (χ4v) is 2.20. The number of anilines is 1. The third kappa shape index (κ3) is 7.37.